The Kier molecular flexibility index (Phi) is 6.82. The summed E-state index contributed by atoms with van der Waals surface area (Å²) in [7, 11) is 1.98. The summed E-state index contributed by atoms with van der Waals surface area (Å²) in [6.45, 7) is 6.84. The summed E-state index contributed by atoms with van der Waals surface area (Å²) in [6, 6.07) is 14.0. The minimum absolute atomic E-state index is 0.0140. The summed E-state index contributed by atoms with van der Waals surface area (Å²) >= 11 is 0. The molecule has 35 heavy (non-hydrogen) atoms. The molecular weight excluding hydrogens is 442 g/mol. The Balaban J connectivity index is 1.30. The van der Waals surface area contributed by atoms with Crippen LogP contribution in [0.25, 0.3) is 22.8 Å². The van der Waals surface area contributed by atoms with Gasteiger partial charge in [-0.3, -0.25) is 4.90 Å². The fraction of sp³-hybridized carbons (Fsp3) is 0.444. The molecule has 2 unspecified atom stereocenters. The van der Waals surface area contributed by atoms with Crippen molar-refractivity contribution in [2.24, 2.45) is 0 Å². The molecule has 2 aliphatic heterocycles. The summed E-state index contributed by atoms with van der Waals surface area (Å²) in [5.74, 6) is 1.48. The van der Waals surface area contributed by atoms with Crippen LogP contribution in [0.1, 0.15) is 37.0 Å². The van der Waals surface area contributed by atoms with Gasteiger partial charge in [-0.1, -0.05) is 17.3 Å². The zero-order valence-electron chi connectivity index (χ0n) is 20.5. The molecule has 8 nitrogen and oxygen atoms in total. The number of aromatic nitrogens is 2. The lowest BCUT2D eigenvalue weighted by atomic mass is 10.00. The maximum atomic E-state index is 9.52. The normalized spacial score (nSPS) is 19.7. The number of hydrogen-bond acceptors (Lipinski definition) is 8. The third-order valence-corrected chi connectivity index (χ3v) is 6.53. The maximum absolute atomic E-state index is 9.52. The number of hydrogen-bond donors (Lipinski definition) is 1. The minimum atomic E-state index is -0.0140. The van der Waals surface area contributed by atoms with Gasteiger partial charge in [0, 0.05) is 24.2 Å². The zero-order chi connectivity index (χ0) is 24.4. The highest BCUT2D eigenvalue weighted by Crippen LogP contribution is 2.32. The van der Waals surface area contributed by atoms with Crippen LogP contribution in [0.5, 0.6) is 5.75 Å². The molecule has 1 N–H and O–H groups in total. The molecule has 2 aromatic carbocycles. The highest BCUT2D eigenvalue weighted by molar-refractivity contribution is 5.64. The molecular formula is C27H31N5O3. The van der Waals surface area contributed by atoms with Gasteiger partial charge in [-0.15, -0.1) is 0 Å². The van der Waals surface area contributed by atoms with Crippen molar-refractivity contribution in [3.8, 4) is 34.7 Å². The smallest absolute Gasteiger partial charge is 0.258 e. The maximum Gasteiger partial charge on any atom is 0.258 e. The highest BCUT2D eigenvalue weighted by atomic mass is 16.6. The summed E-state index contributed by atoms with van der Waals surface area (Å²) < 4.78 is 17.2. The first-order chi connectivity index (χ1) is 17.1. The molecule has 1 aromatic heterocycles. The van der Waals surface area contributed by atoms with Crippen molar-refractivity contribution >= 4 is 0 Å². The van der Waals surface area contributed by atoms with E-state index in [4.69, 9.17) is 14.0 Å². The summed E-state index contributed by atoms with van der Waals surface area (Å²) in [6.07, 6.45) is 3.62. The van der Waals surface area contributed by atoms with Crippen molar-refractivity contribution in [1.29, 1.82) is 5.26 Å². The van der Waals surface area contributed by atoms with Crippen molar-refractivity contribution in [3.63, 3.8) is 0 Å². The van der Waals surface area contributed by atoms with Crippen LogP contribution in [-0.4, -0.2) is 60.2 Å². The summed E-state index contributed by atoms with van der Waals surface area (Å²) in [4.78, 5) is 7.08. The van der Waals surface area contributed by atoms with Crippen molar-refractivity contribution in [3.05, 3.63) is 53.1 Å². The molecule has 0 spiro atoms. The monoisotopic (exact) mass is 473 g/mol. The largest absolute Gasteiger partial charge is 0.490 e. The first-order valence-corrected chi connectivity index (χ1v) is 12.3. The number of nitriles is 1. The van der Waals surface area contributed by atoms with E-state index in [0.717, 1.165) is 44.5 Å². The first kappa shape index (κ1) is 23.5. The Morgan fingerprint density at radius 3 is 2.71 bits per heavy atom. The van der Waals surface area contributed by atoms with Gasteiger partial charge in [0.25, 0.3) is 5.89 Å². The second-order valence-electron chi connectivity index (χ2n) is 9.39. The van der Waals surface area contributed by atoms with E-state index in [2.05, 4.69) is 44.6 Å². The molecule has 0 saturated carbocycles. The van der Waals surface area contributed by atoms with E-state index < -0.39 is 0 Å². The second kappa shape index (κ2) is 10.2. The molecule has 0 aliphatic carbocycles. The van der Waals surface area contributed by atoms with E-state index in [1.165, 1.54) is 11.1 Å². The fourth-order valence-corrected chi connectivity index (χ4v) is 4.65. The van der Waals surface area contributed by atoms with Gasteiger partial charge in [0.2, 0.25) is 5.82 Å². The number of ether oxygens (including phenoxy) is 2. The average molecular weight is 474 g/mol. The van der Waals surface area contributed by atoms with E-state index in [-0.39, 0.29) is 12.3 Å². The van der Waals surface area contributed by atoms with Gasteiger partial charge in [-0.05, 0) is 82.1 Å². The predicted molar refractivity (Wildman–Crippen MR) is 132 cm³/mol. The molecule has 2 aliphatic rings. The summed E-state index contributed by atoms with van der Waals surface area (Å²) in [5, 5.41) is 16.9. The molecule has 2 atom stereocenters. The third kappa shape index (κ3) is 5.22. The van der Waals surface area contributed by atoms with Crippen LogP contribution >= 0.6 is 0 Å². The first-order valence-electron chi connectivity index (χ1n) is 12.3. The highest BCUT2D eigenvalue weighted by Gasteiger charge is 2.42. The van der Waals surface area contributed by atoms with Crippen LogP contribution in [0.2, 0.25) is 0 Å². The van der Waals surface area contributed by atoms with Crippen LogP contribution in [0.3, 0.4) is 0 Å². The topological polar surface area (TPSA) is 99.7 Å². The number of rotatable bonds is 8. The van der Waals surface area contributed by atoms with E-state index in [0.29, 0.717) is 34.7 Å². The fourth-order valence-electron chi connectivity index (χ4n) is 4.65. The number of nitrogens with one attached hydrogen (secondary N) is 1. The van der Waals surface area contributed by atoms with Gasteiger partial charge in [0.1, 0.15) is 24.2 Å². The molecule has 1 saturated heterocycles. The third-order valence-electron chi connectivity index (χ3n) is 6.53. The molecule has 3 heterocycles. The van der Waals surface area contributed by atoms with Crippen LogP contribution in [-0.2, 0) is 17.6 Å². The lowest BCUT2D eigenvalue weighted by Gasteiger charge is -2.16. The predicted octanol–water partition coefficient (Wildman–Crippen LogP) is 3.80. The minimum Gasteiger partial charge on any atom is -0.490 e. The van der Waals surface area contributed by atoms with E-state index in [1.54, 1.807) is 12.1 Å². The van der Waals surface area contributed by atoms with Crippen molar-refractivity contribution in [2.45, 2.75) is 51.5 Å². The van der Waals surface area contributed by atoms with Crippen molar-refractivity contribution in [2.75, 3.05) is 26.7 Å². The van der Waals surface area contributed by atoms with E-state index in [1.807, 2.05) is 27.0 Å². The number of epoxide rings is 1. The lowest BCUT2D eigenvalue weighted by molar-refractivity contribution is 0.182. The van der Waals surface area contributed by atoms with E-state index >= 15 is 0 Å². The lowest BCUT2D eigenvalue weighted by Crippen LogP contribution is -2.31. The van der Waals surface area contributed by atoms with Gasteiger partial charge in [0.15, 0.2) is 0 Å². The molecule has 0 radical (unpaired) electrons. The average Bonchev–Trinajstić information content (AvgIpc) is 3.52. The zero-order valence-corrected chi connectivity index (χ0v) is 20.5. The Morgan fingerprint density at radius 2 is 1.94 bits per heavy atom. The van der Waals surface area contributed by atoms with Crippen LogP contribution in [0.15, 0.2) is 40.9 Å². The summed E-state index contributed by atoms with van der Waals surface area (Å²) in [5.41, 5.74) is 4.76. The van der Waals surface area contributed by atoms with Crippen LogP contribution < -0.4 is 10.1 Å². The van der Waals surface area contributed by atoms with Gasteiger partial charge in [-0.2, -0.15) is 10.2 Å². The van der Waals surface area contributed by atoms with Gasteiger partial charge in [-0.25, -0.2) is 0 Å². The molecule has 0 bridgehead atoms. The number of benzene rings is 2. The van der Waals surface area contributed by atoms with Crippen molar-refractivity contribution in [1.82, 2.24) is 20.4 Å². The van der Waals surface area contributed by atoms with Crippen molar-refractivity contribution < 1.29 is 14.0 Å². The Bertz CT molecular complexity index is 1230. The van der Waals surface area contributed by atoms with Crippen LogP contribution in [0, 0.1) is 11.3 Å². The van der Waals surface area contributed by atoms with Gasteiger partial charge < -0.3 is 19.3 Å². The SMILES string of the molecule is CNCCC1OC1N1CCc2ccc(-c3noc(-c4ccc(OC(C)C)c(C#N)c4)n3)cc2CC1. The number of nitrogens with zero attached hydrogens (tertiary/aromatic N) is 4. The molecule has 8 heteroatoms. The van der Waals surface area contributed by atoms with Crippen LogP contribution in [0.4, 0.5) is 0 Å². The molecule has 5 rings (SSSR count). The molecule has 1 fully saturated rings. The quantitative estimate of drug-likeness (QED) is 0.493. The Morgan fingerprint density at radius 1 is 1.14 bits per heavy atom. The van der Waals surface area contributed by atoms with Gasteiger partial charge >= 0.3 is 0 Å². The standard InChI is InChI=1S/C27H31N5O3/c1-17(2)33-23-7-6-21(15-22(23)16-28)26-30-25(31-35-26)20-5-4-18-9-12-32(13-10-19(18)14-20)27-24(34-27)8-11-29-3/h4-7,14-15,17,24,27,29H,8-13H2,1-3H3. The molecule has 3 aromatic rings. The Labute approximate surface area is 205 Å². The van der Waals surface area contributed by atoms with E-state index in [9.17, 15) is 5.26 Å². The second-order valence-corrected chi connectivity index (χ2v) is 9.39. The Hall–Kier alpha value is -3.25. The van der Waals surface area contributed by atoms with Gasteiger partial charge in [0.05, 0.1) is 11.7 Å². The molecule has 0 amide bonds. The molecule has 182 valence electrons. The number of fused-ring (bicyclic) bond motifs is 1.